The number of phenols is 1. The molecule has 0 saturated heterocycles. The van der Waals surface area contributed by atoms with Crippen LogP contribution < -0.4 is 10.5 Å². The highest BCUT2D eigenvalue weighted by Crippen LogP contribution is 2.18. The van der Waals surface area contributed by atoms with Gasteiger partial charge < -0.3 is 15.6 Å². The summed E-state index contributed by atoms with van der Waals surface area (Å²) in [5.74, 6) is 1.77. The molecule has 2 aromatic heterocycles. The number of nitrogens with zero attached hydrogens (tertiary/aromatic N) is 3. The quantitative estimate of drug-likeness (QED) is 0.743. The Kier molecular flexibility index (Phi) is 2.68. The molecule has 3 rings (SSSR count). The molecule has 0 aliphatic rings. The third-order valence-electron chi connectivity index (χ3n) is 2.62. The van der Waals surface area contributed by atoms with Crippen molar-refractivity contribution in [3.63, 3.8) is 0 Å². The van der Waals surface area contributed by atoms with E-state index in [-0.39, 0.29) is 12.4 Å². The number of fused-ring (bicyclic) bond motifs is 1. The highest BCUT2D eigenvalue weighted by atomic mass is 16.5. The van der Waals surface area contributed by atoms with Gasteiger partial charge in [0.1, 0.15) is 23.9 Å². The molecule has 0 bridgehead atoms. The minimum atomic E-state index is 0.157. The Morgan fingerprint density at radius 2 is 2.05 bits per heavy atom. The van der Waals surface area contributed by atoms with Crippen molar-refractivity contribution in [1.82, 2.24) is 14.6 Å². The number of nitrogens with two attached hydrogens (primary N) is 1. The Morgan fingerprint density at radius 1 is 1.21 bits per heavy atom. The second kappa shape index (κ2) is 4.49. The summed E-state index contributed by atoms with van der Waals surface area (Å²) in [4.78, 5) is 4.30. The van der Waals surface area contributed by atoms with Crippen LogP contribution in [-0.2, 0) is 6.61 Å². The van der Waals surface area contributed by atoms with Crippen LogP contribution in [0.25, 0.3) is 5.65 Å². The van der Waals surface area contributed by atoms with Crippen molar-refractivity contribution in [1.29, 1.82) is 0 Å². The van der Waals surface area contributed by atoms with Gasteiger partial charge in [-0.15, -0.1) is 5.10 Å². The molecule has 2 heterocycles. The minimum Gasteiger partial charge on any atom is -0.508 e. The Morgan fingerprint density at radius 3 is 2.84 bits per heavy atom. The second-order valence-electron chi connectivity index (χ2n) is 4.03. The molecule has 96 valence electrons. The largest absolute Gasteiger partial charge is 0.508 e. The standard InChI is InChI=1S/C13H12N4O2/c14-11-5-2-6-13-15-12(16-17(11)13)8-19-10-4-1-3-9(18)7-10/h1-7,18H,8,14H2. The number of aromatic hydroxyl groups is 1. The number of pyridine rings is 1. The van der Waals surface area contributed by atoms with E-state index in [1.807, 2.05) is 12.1 Å². The fraction of sp³-hybridized carbons (Fsp3) is 0.0769. The highest BCUT2D eigenvalue weighted by molar-refractivity contribution is 5.45. The molecule has 0 radical (unpaired) electrons. The number of rotatable bonds is 3. The van der Waals surface area contributed by atoms with Crippen LogP contribution in [0, 0.1) is 0 Å². The summed E-state index contributed by atoms with van der Waals surface area (Å²) in [6.07, 6.45) is 0. The number of nitrogen functional groups attached to an aromatic ring is 1. The van der Waals surface area contributed by atoms with Gasteiger partial charge >= 0.3 is 0 Å². The van der Waals surface area contributed by atoms with Crippen LogP contribution in [0.2, 0.25) is 0 Å². The summed E-state index contributed by atoms with van der Waals surface area (Å²) in [5.41, 5.74) is 6.46. The van der Waals surface area contributed by atoms with Crippen molar-refractivity contribution in [3.8, 4) is 11.5 Å². The molecule has 0 aliphatic heterocycles. The number of ether oxygens (including phenoxy) is 1. The molecule has 19 heavy (non-hydrogen) atoms. The molecule has 0 fully saturated rings. The average molecular weight is 256 g/mol. The molecular formula is C13H12N4O2. The predicted molar refractivity (Wildman–Crippen MR) is 69.8 cm³/mol. The van der Waals surface area contributed by atoms with Crippen molar-refractivity contribution in [2.24, 2.45) is 0 Å². The van der Waals surface area contributed by atoms with Crippen molar-refractivity contribution >= 4 is 11.5 Å². The van der Waals surface area contributed by atoms with Gasteiger partial charge in [-0.25, -0.2) is 4.98 Å². The van der Waals surface area contributed by atoms with Crippen LogP contribution in [0.4, 0.5) is 5.82 Å². The summed E-state index contributed by atoms with van der Waals surface area (Å²) < 4.78 is 7.06. The lowest BCUT2D eigenvalue weighted by atomic mass is 10.3. The third-order valence-corrected chi connectivity index (χ3v) is 2.62. The molecule has 6 heteroatoms. The fourth-order valence-corrected chi connectivity index (χ4v) is 1.75. The zero-order chi connectivity index (χ0) is 13.2. The Labute approximate surface area is 109 Å². The Bertz CT molecular complexity index is 723. The van der Waals surface area contributed by atoms with E-state index in [9.17, 15) is 5.11 Å². The number of benzene rings is 1. The van der Waals surface area contributed by atoms with Gasteiger partial charge in [0, 0.05) is 6.07 Å². The third kappa shape index (κ3) is 2.28. The summed E-state index contributed by atoms with van der Waals surface area (Å²) >= 11 is 0. The van der Waals surface area contributed by atoms with Crippen LogP contribution in [0.5, 0.6) is 11.5 Å². The summed E-state index contributed by atoms with van der Waals surface area (Å²) in [5, 5.41) is 13.6. The lowest BCUT2D eigenvalue weighted by molar-refractivity contribution is 0.294. The lowest BCUT2D eigenvalue weighted by Gasteiger charge is -2.03. The zero-order valence-corrected chi connectivity index (χ0v) is 10.0. The molecule has 0 unspecified atom stereocenters. The van der Waals surface area contributed by atoms with Gasteiger partial charge in [-0.2, -0.15) is 4.52 Å². The SMILES string of the molecule is Nc1cccc2nc(COc3cccc(O)c3)nn12. The molecule has 3 N–H and O–H groups in total. The summed E-state index contributed by atoms with van der Waals surface area (Å²) in [6.45, 7) is 0.213. The molecule has 0 aliphatic carbocycles. The van der Waals surface area contributed by atoms with Gasteiger partial charge in [0.15, 0.2) is 11.5 Å². The van der Waals surface area contributed by atoms with Crippen molar-refractivity contribution in [3.05, 3.63) is 48.3 Å². The number of anilines is 1. The van der Waals surface area contributed by atoms with E-state index in [0.717, 1.165) is 0 Å². The maximum absolute atomic E-state index is 9.33. The van der Waals surface area contributed by atoms with Crippen LogP contribution in [0.15, 0.2) is 42.5 Å². The highest BCUT2D eigenvalue weighted by Gasteiger charge is 2.06. The van der Waals surface area contributed by atoms with E-state index < -0.39 is 0 Å². The van der Waals surface area contributed by atoms with E-state index >= 15 is 0 Å². The summed E-state index contributed by atoms with van der Waals surface area (Å²) in [7, 11) is 0. The minimum absolute atomic E-state index is 0.157. The van der Waals surface area contributed by atoms with Gasteiger partial charge in [-0.05, 0) is 24.3 Å². The van der Waals surface area contributed by atoms with Crippen LogP contribution in [0.1, 0.15) is 5.82 Å². The van der Waals surface area contributed by atoms with Crippen LogP contribution >= 0.6 is 0 Å². The van der Waals surface area contributed by atoms with E-state index in [2.05, 4.69) is 10.1 Å². The number of aromatic nitrogens is 3. The molecule has 1 aromatic carbocycles. The van der Waals surface area contributed by atoms with Crippen molar-refractivity contribution in [2.45, 2.75) is 6.61 Å². The van der Waals surface area contributed by atoms with Crippen molar-refractivity contribution < 1.29 is 9.84 Å². The molecule has 0 spiro atoms. The monoisotopic (exact) mass is 256 g/mol. The van der Waals surface area contributed by atoms with Crippen molar-refractivity contribution in [2.75, 3.05) is 5.73 Å². The normalized spacial score (nSPS) is 10.7. The second-order valence-corrected chi connectivity index (χ2v) is 4.03. The van der Waals surface area contributed by atoms with Gasteiger partial charge in [-0.3, -0.25) is 0 Å². The molecule has 0 amide bonds. The fourth-order valence-electron chi connectivity index (χ4n) is 1.75. The molecular weight excluding hydrogens is 244 g/mol. The maximum Gasteiger partial charge on any atom is 0.189 e. The first-order chi connectivity index (χ1) is 9.22. The van der Waals surface area contributed by atoms with Gasteiger partial charge in [-0.1, -0.05) is 12.1 Å². The van der Waals surface area contributed by atoms with Gasteiger partial charge in [0.2, 0.25) is 0 Å². The number of phenolic OH excluding ortho intramolecular Hbond substituents is 1. The van der Waals surface area contributed by atoms with Gasteiger partial charge in [0.05, 0.1) is 0 Å². The Balaban J connectivity index is 1.80. The zero-order valence-electron chi connectivity index (χ0n) is 10.0. The Hall–Kier alpha value is -2.76. The maximum atomic E-state index is 9.33. The summed E-state index contributed by atoms with van der Waals surface area (Å²) in [6, 6.07) is 12.0. The number of hydrogen-bond acceptors (Lipinski definition) is 5. The predicted octanol–water partition coefficient (Wildman–Crippen LogP) is 1.60. The lowest BCUT2D eigenvalue weighted by Crippen LogP contribution is -2.00. The van der Waals surface area contributed by atoms with E-state index in [0.29, 0.717) is 23.0 Å². The first kappa shape index (κ1) is 11.3. The number of hydrogen-bond donors (Lipinski definition) is 2. The smallest absolute Gasteiger partial charge is 0.189 e. The average Bonchev–Trinajstić information content (AvgIpc) is 2.81. The molecule has 0 saturated carbocycles. The van der Waals surface area contributed by atoms with Gasteiger partial charge in [0.25, 0.3) is 0 Å². The van der Waals surface area contributed by atoms with Crippen LogP contribution in [-0.4, -0.2) is 19.7 Å². The first-order valence-corrected chi connectivity index (χ1v) is 5.74. The topological polar surface area (TPSA) is 85.7 Å². The van der Waals surface area contributed by atoms with E-state index in [4.69, 9.17) is 10.5 Å². The first-order valence-electron chi connectivity index (χ1n) is 5.74. The van der Waals surface area contributed by atoms with E-state index in [1.54, 1.807) is 28.8 Å². The molecule has 3 aromatic rings. The van der Waals surface area contributed by atoms with Crippen LogP contribution in [0.3, 0.4) is 0 Å². The molecule has 0 atom stereocenters. The van der Waals surface area contributed by atoms with E-state index in [1.165, 1.54) is 6.07 Å². The molecule has 6 nitrogen and oxygen atoms in total.